The topological polar surface area (TPSA) is 61.4 Å². The van der Waals surface area contributed by atoms with Crippen LogP contribution in [-0.4, -0.2) is 33.0 Å². The Hall–Kier alpha value is -3.67. The third-order valence-electron chi connectivity index (χ3n) is 4.91. The van der Waals surface area contributed by atoms with Crippen molar-refractivity contribution in [2.24, 2.45) is 12.0 Å². The van der Waals surface area contributed by atoms with Gasteiger partial charge in [0.05, 0.1) is 23.7 Å². The molecule has 0 saturated carbocycles. The van der Waals surface area contributed by atoms with Crippen LogP contribution in [0.1, 0.15) is 5.56 Å². The first kappa shape index (κ1) is 15.6. The molecule has 1 amide bonds. The Morgan fingerprint density at radius 2 is 1.74 bits per heavy atom. The summed E-state index contributed by atoms with van der Waals surface area (Å²) >= 11 is 0. The number of carbonyl (C=O) groups is 1. The first-order valence-electron chi connectivity index (χ1n) is 8.57. The average molecular weight is 356 g/mol. The van der Waals surface area contributed by atoms with Gasteiger partial charge in [0.1, 0.15) is 12.0 Å². The lowest BCUT2D eigenvalue weighted by Gasteiger charge is -2.10. The highest BCUT2D eigenvalue weighted by molar-refractivity contribution is 6.45. The van der Waals surface area contributed by atoms with Crippen LogP contribution in [0.3, 0.4) is 0 Å². The van der Waals surface area contributed by atoms with Gasteiger partial charge >= 0.3 is 0 Å². The first-order chi connectivity index (χ1) is 13.2. The lowest BCUT2D eigenvalue weighted by Crippen LogP contribution is -2.09. The van der Waals surface area contributed by atoms with Gasteiger partial charge in [-0.2, -0.15) is 4.99 Å². The maximum Gasteiger partial charge on any atom is 0.283 e. The van der Waals surface area contributed by atoms with Crippen LogP contribution in [0.2, 0.25) is 0 Å². The zero-order chi connectivity index (χ0) is 18.5. The van der Waals surface area contributed by atoms with Crippen LogP contribution < -0.4 is 0 Å². The number of hydrogen-bond acceptors (Lipinski definition) is 3. The minimum absolute atomic E-state index is 0.297. The molecule has 2 aromatic heterocycles. The van der Waals surface area contributed by atoms with Crippen LogP contribution in [0.25, 0.3) is 33.2 Å². The third kappa shape index (κ3) is 2.16. The molecule has 0 atom stereocenters. The molecule has 6 heteroatoms. The minimum Gasteiger partial charge on any atom is -0.479 e. The molecule has 1 aliphatic rings. The van der Waals surface area contributed by atoms with Gasteiger partial charge in [-0.05, 0) is 18.2 Å². The number of imidazole rings is 1. The van der Waals surface area contributed by atoms with E-state index in [1.54, 1.807) is 6.33 Å². The summed E-state index contributed by atoms with van der Waals surface area (Å²) in [7, 11) is 3.49. The van der Waals surface area contributed by atoms with Gasteiger partial charge in [0, 0.05) is 29.7 Å². The van der Waals surface area contributed by atoms with Crippen molar-refractivity contribution in [3.8, 4) is 0 Å². The molecule has 0 radical (unpaired) electrons. The second-order valence-corrected chi connectivity index (χ2v) is 6.42. The number of amides is 1. The van der Waals surface area contributed by atoms with Gasteiger partial charge in [-0.15, -0.1) is 0 Å². The molecule has 4 aromatic rings. The fourth-order valence-electron chi connectivity index (χ4n) is 3.70. The average Bonchev–Trinajstić information content (AvgIpc) is 3.35. The second-order valence-electron chi connectivity index (χ2n) is 6.42. The largest absolute Gasteiger partial charge is 0.479 e. The number of methoxy groups -OCH3 is 1. The van der Waals surface area contributed by atoms with Gasteiger partial charge in [0.25, 0.3) is 5.91 Å². The summed E-state index contributed by atoms with van der Waals surface area (Å²) in [6, 6.07) is 15.8. The van der Waals surface area contributed by atoms with E-state index < -0.39 is 0 Å². The van der Waals surface area contributed by atoms with Gasteiger partial charge < -0.3 is 9.30 Å². The number of benzene rings is 2. The molecule has 27 heavy (non-hydrogen) atoms. The van der Waals surface area contributed by atoms with Crippen LogP contribution in [0.5, 0.6) is 0 Å². The monoisotopic (exact) mass is 356 g/mol. The molecule has 0 bridgehead atoms. The zero-order valence-corrected chi connectivity index (χ0v) is 14.9. The zero-order valence-electron chi connectivity index (χ0n) is 14.9. The Morgan fingerprint density at radius 1 is 1.00 bits per heavy atom. The van der Waals surface area contributed by atoms with Crippen molar-refractivity contribution >= 4 is 45.0 Å². The molecule has 1 aliphatic heterocycles. The molecule has 132 valence electrons. The summed E-state index contributed by atoms with van der Waals surface area (Å²) in [4.78, 5) is 21.5. The molecule has 5 rings (SSSR count). The number of nitrogens with zero attached hydrogens (tertiary/aromatic N) is 4. The Kier molecular flexibility index (Phi) is 3.27. The van der Waals surface area contributed by atoms with E-state index in [1.165, 1.54) is 7.11 Å². The number of aliphatic imine (C=N–C) groups is 1. The predicted molar refractivity (Wildman–Crippen MR) is 105 cm³/mol. The maximum atomic E-state index is 12.9. The highest BCUT2D eigenvalue weighted by Crippen LogP contribution is 2.36. The van der Waals surface area contributed by atoms with Crippen molar-refractivity contribution in [2.75, 3.05) is 7.11 Å². The number of rotatable bonds is 2. The van der Waals surface area contributed by atoms with Crippen LogP contribution in [0, 0.1) is 0 Å². The Bertz CT molecular complexity index is 1290. The number of carbonyl (C=O) groups excluding carboxylic acids is 1. The van der Waals surface area contributed by atoms with E-state index in [9.17, 15) is 4.79 Å². The summed E-state index contributed by atoms with van der Waals surface area (Å²) in [6.45, 7) is 0. The number of hydrogen-bond donors (Lipinski definition) is 0. The van der Waals surface area contributed by atoms with Crippen LogP contribution in [-0.2, 0) is 16.6 Å². The summed E-state index contributed by atoms with van der Waals surface area (Å²) < 4.78 is 9.34. The van der Waals surface area contributed by atoms with Gasteiger partial charge in [0.2, 0.25) is 5.90 Å². The van der Waals surface area contributed by atoms with Gasteiger partial charge in [-0.1, -0.05) is 30.3 Å². The number of fused-ring (bicyclic) bond motifs is 2. The summed E-state index contributed by atoms with van der Waals surface area (Å²) in [5.41, 5.74) is 4.76. The van der Waals surface area contributed by atoms with E-state index in [-0.39, 0.29) is 5.91 Å². The van der Waals surface area contributed by atoms with Gasteiger partial charge in [-0.25, -0.2) is 4.98 Å². The van der Waals surface area contributed by atoms with E-state index >= 15 is 0 Å². The smallest absolute Gasteiger partial charge is 0.283 e. The lowest BCUT2D eigenvalue weighted by molar-refractivity contribution is -0.112. The van der Waals surface area contributed by atoms with Crippen LogP contribution in [0.4, 0.5) is 0 Å². The van der Waals surface area contributed by atoms with Crippen molar-refractivity contribution < 1.29 is 9.53 Å². The first-order valence-corrected chi connectivity index (χ1v) is 8.57. The molecule has 0 aliphatic carbocycles. The molecule has 0 N–H and O–H groups in total. The molecule has 0 unspecified atom stereocenters. The molecule has 0 saturated heterocycles. The Labute approximate surface area is 155 Å². The summed E-state index contributed by atoms with van der Waals surface area (Å²) in [5.74, 6) is -0.0120. The number of aromatic nitrogens is 3. The Balaban J connectivity index is 1.87. The van der Waals surface area contributed by atoms with E-state index in [0.29, 0.717) is 17.2 Å². The van der Waals surface area contributed by atoms with E-state index in [1.807, 2.05) is 70.9 Å². The fraction of sp³-hybridized carbons (Fsp3) is 0.0952. The summed E-state index contributed by atoms with van der Waals surface area (Å²) in [5, 5.41) is 0.998. The standard InChI is InChI=1S/C21H16N4O2/c1-24-11-14(13-7-3-5-9-16(13)24)18-19(21(27-2)23-20(18)26)25-12-22-15-8-4-6-10-17(15)25/h3-12H,1-2H3. The highest BCUT2D eigenvalue weighted by atomic mass is 16.5. The van der Waals surface area contributed by atoms with Crippen molar-refractivity contribution in [3.63, 3.8) is 0 Å². The van der Waals surface area contributed by atoms with E-state index in [0.717, 1.165) is 27.5 Å². The van der Waals surface area contributed by atoms with E-state index in [2.05, 4.69) is 9.98 Å². The lowest BCUT2D eigenvalue weighted by atomic mass is 10.0. The van der Waals surface area contributed by atoms with Crippen molar-refractivity contribution in [2.45, 2.75) is 0 Å². The second kappa shape index (κ2) is 5.67. The third-order valence-corrected chi connectivity index (χ3v) is 4.91. The molecule has 2 aromatic carbocycles. The quantitative estimate of drug-likeness (QED) is 0.552. The van der Waals surface area contributed by atoms with Gasteiger partial charge in [-0.3, -0.25) is 9.36 Å². The normalized spacial score (nSPS) is 14.4. The summed E-state index contributed by atoms with van der Waals surface area (Å²) in [6.07, 6.45) is 3.67. The predicted octanol–water partition coefficient (Wildman–Crippen LogP) is 3.48. The van der Waals surface area contributed by atoms with Crippen LogP contribution in [0.15, 0.2) is 66.0 Å². The van der Waals surface area contributed by atoms with Crippen molar-refractivity contribution in [1.29, 1.82) is 0 Å². The maximum absolute atomic E-state index is 12.9. The molecule has 6 nitrogen and oxygen atoms in total. The number of para-hydroxylation sites is 3. The number of aryl methyl sites for hydroxylation is 1. The molecule has 0 spiro atoms. The fourth-order valence-corrected chi connectivity index (χ4v) is 3.70. The van der Waals surface area contributed by atoms with Crippen molar-refractivity contribution in [1.82, 2.24) is 14.1 Å². The number of ether oxygens (including phenoxy) is 1. The molecule has 0 fully saturated rings. The highest BCUT2D eigenvalue weighted by Gasteiger charge is 2.32. The molecular weight excluding hydrogens is 340 g/mol. The SMILES string of the molecule is COC1=NC(=O)C(c2cn(C)c3ccccc23)=C1n1cnc2ccccc21. The Morgan fingerprint density at radius 3 is 2.56 bits per heavy atom. The molecule has 3 heterocycles. The van der Waals surface area contributed by atoms with Crippen LogP contribution >= 0.6 is 0 Å². The van der Waals surface area contributed by atoms with Crippen molar-refractivity contribution in [3.05, 3.63) is 66.6 Å². The van der Waals surface area contributed by atoms with E-state index in [4.69, 9.17) is 4.74 Å². The van der Waals surface area contributed by atoms with Gasteiger partial charge in [0.15, 0.2) is 0 Å². The minimum atomic E-state index is -0.309. The molecular formula is C21H16N4O2.